The van der Waals surface area contributed by atoms with Crippen molar-refractivity contribution in [1.29, 1.82) is 0 Å². The standard InChI is InChI=1S/C12H21N3O4S/c1-18-9(6-8-20-2)11(16)13-7-4-3-5-10-14-12(17)19-15-10/h9H,3-8H2,1-2H3,(H,13,16)(H,14,15,17). The van der Waals surface area contributed by atoms with Crippen molar-refractivity contribution in [2.75, 3.05) is 25.7 Å². The zero-order chi connectivity index (χ0) is 14.8. The van der Waals surface area contributed by atoms with Gasteiger partial charge < -0.3 is 10.1 Å². The Morgan fingerprint density at radius 2 is 2.35 bits per heavy atom. The molecule has 7 nitrogen and oxygen atoms in total. The predicted octanol–water partition coefficient (Wildman–Crippen LogP) is 0.570. The Morgan fingerprint density at radius 3 is 2.95 bits per heavy atom. The number of amides is 1. The monoisotopic (exact) mass is 303 g/mol. The first-order valence-electron chi connectivity index (χ1n) is 6.51. The SMILES string of the molecule is COC(CCSC)C(=O)NCCCCc1noc(=O)[nH]1. The van der Waals surface area contributed by atoms with Crippen molar-refractivity contribution < 1.29 is 14.1 Å². The van der Waals surface area contributed by atoms with Crippen LogP contribution >= 0.6 is 11.8 Å². The summed E-state index contributed by atoms with van der Waals surface area (Å²) in [6, 6.07) is 0. The second kappa shape index (κ2) is 9.60. The molecular weight excluding hydrogens is 282 g/mol. The molecule has 0 saturated heterocycles. The normalized spacial score (nSPS) is 12.3. The van der Waals surface area contributed by atoms with Crippen molar-refractivity contribution in [2.24, 2.45) is 0 Å². The third-order valence-corrected chi connectivity index (χ3v) is 3.43. The Morgan fingerprint density at radius 1 is 1.55 bits per heavy atom. The van der Waals surface area contributed by atoms with Gasteiger partial charge in [-0.15, -0.1) is 0 Å². The van der Waals surface area contributed by atoms with Crippen molar-refractivity contribution in [1.82, 2.24) is 15.5 Å². The molecular formula is C12H21N3O4S. The van der Waals surface area contributed by atoms with E-state index in [4.69, 9.17) is 4.74 Å². The molecule has 0 saturated carbocycles. The molecule has 1 unspecified atom stereocenters. The largest absolute Gasteiger partial charge is 0.438 e. The van der Waals surface area contributed by atoms with E-state index in [0.717, 1.165) is 18.6 Å². The molecule has 1 aromatic rings. The van der Waals surface area contributed by atoms with Crippen LogP contribution in [0.25, 0.3) is 0 Å². The van der Waals surface area contributed by atoms with Gasteiger partial charge in [-0.25, -0.2) is 4.79 Å². The van der Waals surface area contributed by atoms with Crippen LogP contribution in [0.3, 0.4) is 0 Å². The van der Waals surface area contributed by atoms with Gasteiger partial charge in [0, 0.05) is 20.1 Å². The van der Waals surface area contributed by atoms with Gasteiger partial charge >= 0.3 is 5.76 Å². The molecule has 2 N–H and O–H groups in total. The molecule has 0 radical (unpaired) electrons. The van der Waals surface area contributed by atoms with Crippen LogP contribution in [0, 0.1) is 0 Å². The number of unbranched alkanes of at least 4 members (excludes halogenated alkanes) is 1. The quantitative estimate of drug-likeness (QED) is 0.613. The number of rotatable bonds is 10. The number of aryl methyl sites for hydroxylation is 1. The highest BCUT2D eigenvalue weighted by molar-refractivity contribution is 7.98. The first-order chi connectivity index (χ1) is 9.67. The van der Waals surface area contributed by atoms with E-state index in [-0.39, 0.29) is 12.0 Å². The number of carbonyl (C=O) groups excluding carboxylic acids is 1. The number of methoxy groups -OCH3 is 1. The average Bonchev–Trinajstić information content (AvgIpc) is 2.85. The van der Waals surface area contributed by atoms with Crippen molar-refractivity contribution in [3.63, 3.8) is 0 Å². The summed E-state index contributed by atoms with van der Waals surface area (Å²) in [5, 5.41) is 6.42. The molecule has 0 aliphatic carbocycles. The van der Waals surface area contributed by atoms with E-state index in [9.17, 15) is 9.59 Å². The molecule has 0 aromatic carbocycles. The minimum absolute atomic E-state index is 0.0728. The highest BCUT2D eigenvalue weighted by atomic mass is 32.2. The van der Waals surface area contributed by atoms with Gasteiger partial charge in [0.2, 0.25) is 5.91 Å². The lowest BCUT2D eigenvalue weighted by molar-refractivity contribution is -0.131. The molecule has 8 heteroatoms. The van der Waals surface area contributed by atoms with Crippen LogP contribution in [0.1, 0.15) is 25.1 Å². The molecule has 0 bridgehead atoms. The smallest absolute Gasteiger partial charge is 0.372 e. The van der Waals surface area contributed by atoms with Crippen LogP contribution in [-0.2, 0) is 16.0 Å². The molecule has 0 aliphatic heterocycles. The van der Waals surface area contributed by atoms with Gasteiger partial charge in [0.05, 0.1) is 0 Å². The molecule has 1 atom stereocenters. The lowest BCUT2D eigenvalue weighted by atomic mass is 10.2. The number of aromatic nitrogens is 2. The van der Waals surface area contributed by atoms with Gasteiger partial charge in [-0.2, -0.15) is 11.8 Å². The Balaban J connectivity index is 2.13. The van der Waals surface area contributed by atoms with Gasteiger partial charge in [-0.1, -0.05) is 5.16 Å². The minimum atomic E-state index is -0.537. The number of nitrogens with zero attached hydrogens (tertiary/aromatic N) is 1. The number of nitrogens with one attached hydrogen (secondary N) is 2. The number of ether oxygens (including phenoxy) is 1. The van der Waals surface area contributed by atoms with Crippen LogP contribution in [0.15, 0.2) is 9.32 Å². The summed E-state index contributed by atoms with van der Waals surface area (Å²) in [6.45, 7) is 0.583. The molecule has 1 aromatic heterocycles. The molecule has 1 rings (SSSR count). The number of aromatic amines is 1. The second-order valence-corrected chi connectivity index (χ2v) is 5.28. The maximum atomic E-state index is 11.8. The van der Waals surface area contributed by atoms with E-state index >= 15 is 0 Å². The fraction of sp³-hybridized carbons (Fsp3) is 0.750. The molecule has 20 heavy (non-hydrogen) atoms. The van der Waals surface area contributed by atoms with E-state index < -0.39 is 5.76 Å². The maximum Gasteiger partial charge on any atom is 0.438 e. The number of thioether (sulfide) groups is 1. The zero-order valence-electron chi connectivity index (χ0n) is 11.8. The molecule has 1 heterocycles. The highest BCUT2D eigenvalue weighted by Crippen LogP contribution is 2.04. The summed E-state index contributed by atoms with van der Waals surface area (Å²) < 4.78 is 9.55. The van der Waals surface area contributed by atoms with Crippen LogP contribution < -0.4 is 11.1 Å². The van der Waals surface area contributed by atoms with E-state index in [0.29, 0.717) is 25.2 Å². The second-order valence-electron chi connectivity index (χ2n) is 4.30. The van der Waals surface area contributed by atoms with Crippen LogP contribution in [-0.4, -0.2) is 47.8 Å². The summed E-state index contributed by atoms with van der Waals surface area (Å²) in [4.78, 5) is 25.0. The number of hydrogen-bond acceptors (Lipinski definition) is 6. The summed E-state index contributed by atoms with van der Waals surface area (Å²) in [7, 11) is 1.55. The summed E-state index contributed by atoms with van der Waals surface area (Å²) in [5.41, 5.74) is 0. The summed E-state index contributed by atoms with van der Waals surface area (Å²) in [5.74, 6) is 0.823. The van der Waals surface area contributed by atoms with E-state index in [1.54, 1.807) is 18.9 Å². The Kier molecular flexibility index (Phi) is 8.05. The summed E-state index contributed by atoms with van der Waals surface area (Å²) in [6.07, 6.45) is 4.57. The van der Waals surface area contributed by atoms with E-state index in [1.165, 1.54) is 0 Å². The minimum Gasteiger partial charge on any atom is -0.372 e. The van der Waals surface area contributed by atoms with Crippen molar-refractivity contribution in [3.05, 3.63) is 16.4 Å². The number of hydrogen-bond donors (Lipinski definition) is 2. The van der Waals surface area contributed by atoms with Crippen molar-refractivity contribution >= 4 is 17.7 Å². The maximum absolute atomic E-state index is 11.8. The Hall–Kier alpha value is -1.28. The Labute approximate surface area is 121 Å². The molecule has 114 valence electrons. The van der Waals surface area contributed by atoms with Gasteiger partial charge in [-0.05, 0) is 31.3 Å². The summed E-state index contributed by atoms with van der Waals surface area (Å²) >= 11 is 1.69. The predicted molar refractivity (Wildman–Crippen MR) is 76.9 cm³/mol. The van der Waals surface area contributed by atoms with Crippen LogP contribution in [0.5, 0.6) is 0 Å². The number of carbonyl (C=O) groups is 1. The number of H-pyrrole nitrogens is 1. The van der Waals surface area contributed by atoms with E-state index in [1.807, 2.05) is 6.26 Å². The van der Waals surface area contributed by atoms with E-state index in [2.05, 4.69) is 20.0 Å². The van der Waals surface area contributed by atoms with Gasteiger partial charge in [0.1, 0.15) is 6.10 Å². The average molecular weight is 303 g/mol. The molecule has 0 fully saturated rings. The topological polar surface area (TPSA) is 97.2 Å². The van der Waals surface area contributed by atoms with Crippen molar-refractivity contribution in [2.45, 2.75) is 31.8 Å². The van der Waals surface area contributed by atoms with Crippen LogP contribution in [0.4, 0.5) is 0 Å². The first kappa shape index (κ1) is 16.8. The fourth-order valence-electron chi connectivity index (χ4n) is 1.69. The third kappa shape index (κ3) is 6.25. The van der Waals surface area contributed by atoms with Gasteiger partial charge in [-0.3, -0.25) is 14.3 Å². The van der Waals surface area contributed by atoms with Crippen LogP contribution in [0.2, 0.25) is 0 Å². The van der Waals surface area contributed by atoms with Gasteiger partial charge in [0.25, 0.3) is 0 Å². The third-order valence-electron chi connectivity index (χ3n) is 2.79. The fourth-order valence-corrected chi connectivity index (χ4v) is 2.14. The lowest BCUT2D eigenvalue weighted by Gasteiger charge is -2.14. The molecule has 0 aliphatic rings. The molecule has 0 spiro atoms. The highest BCUT2D eigenvalue weighted by Gasteiger charge is 2.16. The Bertz CT molecular complexity index is 446. The van der Waals surface area contributed by atoms with Crippen molar-refractivity contribution in [3.8, 4) is 0 Å². The zero-order valence-corrected chi connectivity index (χ0v) is 12.6. The molecule has 1 amide bonds. The van der Waals surface area contributed by atoms with Gasteiger partial charge in [0.15, 0.2) is 5.82 Å². The lowest BCUT2D eigenvalue weighted by Crippen LogP contribution is -2.36. The first-order valence-corrected chi connectivity index (χ1v) is 7.91.